The third-order valence-corrected chi connectivity index (χ3v) is 5.56. The van der Waals surface area contributed by atoms with Crippen LogP contribution in [-0.4, -0.2) is 60.1 Å². The smallest absolute Gasteiger partial charge is 0.254 e. The summed E-state index contributed by atoms with van der Waals surface area (Å²) < 4.78 is 0. The Morgan fingerprint density at radius 1 is 1.28 bits per heavy atom. The van der Waals surface area contributed by atoms with E-state index in [-0.39, 0.29) is 17.7 Å². The topological polar surface area (TPSA) is 81.7 Å². The van der Waals surface area contributed by atoms with Crippen molar-refractivity contribution < 1.29 is 14.7 Å². The molecule has 2 amide bonds. The summed E-state index contributed by atoms with van der Waals surface area (Å²) in [4.78, 5) is 26.8. The summed E-state index contributed by atoms with van der Waals surface area (Å²) in [6, 6.07) is 4.23. The van der Waals surface area contributed by atoms with Crippen molar-refractivity contribution in [2.75, 3.05) is 26.2 Å². The Balaban J connectivity index is 1.63. The summed E-state index contributed by atoms with van der Waals surface area (Å²) in [5.74, 6) is -0.395. The van der Waals surface area contributed by atoms with Gasteiger partial charge in [0.2, 0.25) is 5.91 Å². The summed E-state index contributed by atoms with van der Waals surface area (Å²) in [5, 5.41) is 16.5. The predicted molar refractivity (Wildman–Crippen MR) is 95.9 cm³/mol. The van der Waals surface area contributed by atoms with E-state index in [4.69, 9.17) is 23.2 Å². The first kappa shape index (κ1) is 18.5. The van der Waals surface area contributed by atoms with Crippen molar-refractivity contribution in [2.45, 2.75) is 25.0 Å². The van der Waals surface area contributed by atoms with Crippen molar-refractivity contribution in [3.8, 4) is 0 Å². The van der Waals surface area contributed by atoms with Gasteiger partial charge in [-0.1, -0.05) is 23.2 Å². The zero-order valence-corrected chi connectivity index (χ0v) is 15.2. The Morgan fingerprint density at radius 3 is 2.76 bits per heavy atom. The molecule has 0 saturated carbocycles. The van der Waals surface area contributed by atoms with Crippen molar-refractivity contribution >= 4 is 35.0 Å². The minimum absolute atomic E-state index is 0.00424. The van der Waals surface area contributed by atoms with Crippen molar-refractivity contribution in [3.63, 3.8) is 0 Å². The van der Waals surface area contributed by atoms with Crippen LogP contribution in [0, 0.1) is 5.92 Å². The van der Waals surface area contributed by atoms with Gasteiger partial charge in [-0.25, -0.2) is 0 Å². The largest absolute Gasteiger partial charge is 0.391 e. The number of carbonyl (C=O) groups is 2. The number of hydrogen-bond acceptors (Lipinski definition) is 4. The lowest BCUT2D eigenvalue weighted by Gasteiger charge is -2.25. The molecule has 3 unspecified atom stereocenters. The van der Waals surface area contributed by atoms with Gasteiger partial charge in [0.1, 0.15) is 6.04 Å². The van der Waals surface area contributed by atoms with Crippen LogP contribution in [0.15, 0.2) is 18.2 Å². The van der Waals surface area contributed by atoms with E-state index in [2.05, 4.69) is 10.6 Å². The summed E-state index contributed by atoms with van der Waals surface area (Å²) in [6.07, 6.45) is 0.959. The number of amides is 2. The van der Waals surface area contributed by atoms with Crippen molar-refractivity contribution in [1.82, 2.24) is 15.5 Å². The van der Waals surface area contributed by atoms with Crippen LogP contribution in [0.4, 0.5) is 0 Å². The summed E-state index contributed by atoms with van der Waals surface area (Å²) in [6.45, 7) is 2.16. The van der Waals surface area contributed by atoms with E-state index in [1.807, 2.05) is 0 Å². The van der Waals surface area contributed by atoms with Crippen LogP contribution in [0.2, 0.25) is 10.0 Å². The van der Waals surface area contributed by atoms with Gasteiger partial charge in [0.05, 0.1) is 16.1 Å². The Bertz CT molecular complexity index is 671. The first-order valence-electron chi connectivity index (χ1n) is 8.40. The fourth-order valence-electron chi connectivity index (χ4n) is 3.35. The van der Waals surface area contributed by atoms with Gasteiger partial charge in [0.15, 0.2) is 0 Å². The maximum Gasteiger partial charge on any atom is 0.254 e. The van der Waals surface area contributed by atoms with Gasteiger partial charge in [0, 0.05) is 37.7 Å². The number of nitrogens with zero attached hydrogens (tertiary/aromatic N) is 1. The van der Waals surface area contributed by atoms with E-state index in [0.29, 0.717) is 48.2 Å². The SMILES string of the molecule is O=C(NCC1CNCC1O)C1CCCN1C(=O)c1ccc(Cl)c(Cl)c1. The molecule has 2 aliphatic rings. The van der Waals surface area contributed by atoms with Crippen LogP contribution in [0.5, 0.6) is 0 Å². The molecule has 0 bridgehead atoms. The van der Waals surface area contributed by atoms with E-state index in [0.717, 1.165) is 6.42 Å². The first-order valence-corrected chi connectivity index (χ1v) is 9.15. The van der Waals surface area contributed by atoms with Gasteiger partial charge < -0.3 is 20.6 Å². The maximum atomic E-state index is 12.7. The fourth-order valence-corrected chi connectivity index (χ4v) is 3.65. The highest BCUT2D eigenvalue weighted by Gasteiger charge is 2.35. The van der Waals surface area contributed by atoms with E-state index >= 15 is 0 Å². The van der Waals surface area contributed by atoms with Crippen LogP contribution in [0.3, 0.4) is 0 Å². The third-order valence-electron chi connectivity index (χ3n) is 4.83. The van der Waals surface area contributed by atoms with Crippen molar-refractivity contribution in [1.29, 1.82) is 0 Å². The number of aliphatic hydroxyl groups excluding tert-OH is 1. The summed E-state index contributed by atoms with van der Waals surface area (Å²) in [7, 11) is 0. The summed E-state index contributed by atoms with van der Waals surface area (Å²) in [5.41, 5.74) is 0.421. The van der Waals surface area contributed by atoms with Crippen LogP contribution < -0.4 is 10.6 Å². The lowest BCUT2D eigenvalue weighted by atomic mass is 10.1. The number of nitrogens with one attached hydrogen (secondary N) is 2. The summed E-state index contributed by atoms with van der Waals surface area (Å²) >= 11 is 11.9. The highest BCUT2D eigenvalue weighted by molar-refractivity contribution is 6.42. The van der Waals surface area contributed by atoms with Gasteiger partial charge in [-0.2, -0.15) is 0 Å². The van der Waals surface area contributed by atoms with Gasteiger partial charge in [0.25, 0.3) is 5.91 Å². The molecule has 2 saturated heterocycles. The average Bonchev–Trinajstić information content (AvgIpc) is 3.23. The molecule has 3 rings (SSSR count). The molecule has 0 aliphatic carbocycles. The molecule has 0 aromatic heterocycles. The highest BCUT2D eigenvalue weighted by atomic mass is 35.5. The standard InChI is InChI=1S/C17H21Cl2N3O3/c18-12-4-3-10(6-13(12)19)17(25)22-5-1-2-14(22)16(24)21-8-11-7-20-9-15(11)23/h3-4,6,11,14-15,20,23H,1-2,5,7-9H2,(H,21,24). The number of aliphatic hydroxyl groups is 1. The van der Waals surface area contributed by atoms with Gasteiger partial charge in [-0.3, -0.25) is 9.59 Å². The molecule has 6 nitrogen and oxygen atoms in total. The number of rotatable bonds is 4. The molecule has 0 spiro atoms. The Hall–Kier alpha value is -1.34. The number of hydrogen-bond donors (Lipinski definition) is 3. The van der Waals surface area contributed by atoms with E-state index < -0.39 is 12.1 Å². The van der Waals surface area contributed by atoms with E-state index in [1.54, 1.807) is 17.0 Å². The van der Waals surface area contributed by atoms with E-state index in [9.17, 15) is 14.7 Å². The Labute approximate surface area is 156 Å². The molecule has 1 aromatic carbocycles. The lowest BCUT2D eigenvalue weighted by Crippen LogP contribution is -2.47. The number of benzene rings is 1. The van der Waals surface area contributed by atoms with Crippen LogP contribution in [-0.2, 0) is 4.79 Å². The molecule has 3 N–H and O–H groups in total. The second kappa shape index (κ2) is 7.91. The average molecular weight is 386 g/mol. The van der Waals surface area contributed by atoms with Crippen LogP contribution >= 0.6 is 23.2 Å². The molecule has 2 aliphatic heterocycles. The Morgan fingerprint density at radius 2 is 2.08 bits per heavy atom. The molecular weight excluding hydrogens is 365 g/mol. The van der Waals surface area contributed by atoms with Crippen LogP contribution in [0.1, 0.15) is 23.2 Å². The monoisotopic (exact) mass is 385 g/mol. The number of carbonyl (C=O) groups excluding carboxylic acids is 2. The minimum atomic E-state index is -0.492. The molecular formula is C17H21Cl2N3O3. The normalized spacial score (nSPS) is 26.0. The molecule has 3 atom stereocenters. The number of β-amino-alcohol motifs (C(OH)–C–C–N with tert-alkyl or cyclic N) is 1. The third kappa shape index (κ3) is 4.08. The maximum absolute atomic E-state index is 12.7. The van der Waals surface area contributed by atoms with Gasteiger partial charge in [-0.05, 0) is 31.0 Å². The van der Waals surface area contributed by atoms with Crippen molar-refractivity contribution in [3.05, 3.63) is 33.8 Å². The van der Waals surface area contributed by atoms with Gasteiger partial charge in [-0.15, -0.1) is 0 Å². The molecule has 25 heavy (non-hydrogen) atoms. The molecule has 8 heteroatoms. The molecule has 1 aromatic rings. The van der Waals surface area contributed by atoms with Gasteiger partial charge >= 0.3 is 0 Å². The molecule has 0 radical (unpaired) electrons. The quantitative estimate of drug-likeness (QED) is 0.729. The fraction of sp³-hybridized carbons (Fsp3) is 0.529. The zero-order valence-electron chi connectivity index (χ0n) is 13.7. The van der Waals surface area contributed by atoms with Crippen LogP contribution in [0.25, 0.3) is 0 Å². The first-order chi connectivity index (χ1) is 12.0. The molecule has 2 fully saturated rings. The minimum Gasteiger partial charge on any atom is -0.391 e. The second-order valence-corrected chi connectivity index (χ2v) is 7.33. The lowest BCUT2D eigenvalue weighted by molar-refractivity contribution is -0.125. The number of likely N-dealkylation sites (tertiary alicyclic amines) is 1. The number of halogens is 2. The molecule has 136 valence electrons. The van der Waals surface area contributed by atoms with Crippen molar-refractivity contribution in [2.24, 2.45) is 5.92 Å². The molecule has 2 heterocycles. The van der Waals surface area contributed by atoms with E-state index in [1.165, 1.54) is 6.07 Å². The highest BCUT2D eigenvalue weighted by Crippen LogP contribution is 2.26. The Kier molecular flexibility index (Phi) is 5.84. The predicted octanol–water partition coefficient (Wildman–Crippen LogP) is 1.29. The second-order valence-electron chi connectivity index (χ2n) is 6.52. The zero-order chi connectivity index (χ0) is 18.0.